The molecule has 0 bridgehead atoms. The van der Waals surface area contributed by atoms with E-state index in [2.05, 4.69) is 27.4 Å². The maximum Gasteiger partial charge on any atom is 0.258 e. The van der Waals surface area contributed by atoms with Crippen LogP contribution >= 0.6 is 0 Å². The summed E-state index contributed by atoms with van der Waals surface area (Å²) in [6, 6.07) is 15.2. The van der Waals surface area contributed by atoms with E-state index in [-0.39, 0.29) is 24.7 Å². The number of hydrogen-bond donors (Lipinski definition) is 2. The first kappa shape index (κ1) is 19.3. The normalized spacial score (nSPS) is 14.8. The van der Waals surface area contributed by atoms with Crippen molar-refractivity contribution < 1.29 is 9.53 Å². The summed E-state index contributed by atoms with van der Waals surface area (Å²) in [6.07, 6.45) is 6.46. The van der Waals surface area contributed by atoms with E-state index in [4.69, 9.17) is 4.74 Å². The van der Waals surface area contributed by atoms with Crippen LogP contribution in [-0.4, -0.2) is 22.5 Å². The molecule has 0 saturated heterocycles. The van der Waals surface area contributed by atoms with Crippen LogP contribution in [0.4, 0.5) is 5.69 Å². The highest BCUT2D eigenvalue weighted by Crippen LogP contribution is 2.32. The molecular formula is C23H25N3O3. The third kappa shape index (κ3) is 4.90. The van der Waals surface area contributed by atoms with Gasteiger partial charge >= 0.3 is 0 Å². The van der Waals surface area contributed by atoms with Crippen molar-refractivity contribution in [3.63, 3.8) is 0 Å². The second-order valence-electron chi connectivity index (χ2n) is 7.53. The van der Waals surface area contributed by atoms with E-state index in [9.17, 15) is 9.59 Å². The predicted octanol–water partition coefficient (Wildman–Crippen LogP) is 4.13. The first-order valence-electron chi connectivity index (χ1n) is 10.1. The Balaban J connectivity index is 1.28. The summed E-state index contributed by atoms with van der Waals surface area (Å²) in [5.74, 6) is 0.810. The second-order valence-corrected chi connectivity index (χ2v) is 7.53. The number of carbonyl (C=O) groups is 1. The van der Waals surface area contributed by atoms with E-state index >= 15 is 0 Å². The fourth-order valence-corrected chi connectivity index (χ4v) is 3.92. The van der Waals surface area contributed by atoms with E-state index < -0.39 is 0 Å². The lowest BCUT2D eigenvalue weighted by Crippen LogP contribution is -2.19. The minimum atomic E-state index is -0.237. The van der Waals surface area contributed by atoms with Crippen LogP contribution in [0.5, 0.6) is 0 Å². The molecule has 6 nitrogen and oxygen atoms in total. The second kappa shape index (κ2) is 9.01. The highest BCUT2D eigenvalue weighted by molar-refractivity contribution is 5.91. The molecule has 1 heterocycles. The van der Waals surface area contributed by atoms with Crippen molar-refractivity contribution in [2.45, 2.75) is 44.6 Å². The van der Waals surface area contributed by atoms with Gasteiger partial charge in [0, 0.05) is 5.69 Å². The quantitative estimate of drug-likeness (QED) is 0.662. The average Bonchev–Trinajstić information content (AvgIpc) is 2.75. The maximum atomic E-state index is 12.1. The van der Waals surface area contributed by atoms with Gasteiger partial charge in [-0.25, -0.2) is 4.98 Å². The fraction of sp³-hybridized carbons (Fsp3) is 0.348. The molecule has 1 amide bonds. The van der Waals surface area contributed by atoms with Crippen LogP contribution in [-0.2, 0) is 16.1 Å². The number of H-pyrrole nitrogens is 1. The van der Waals surface area contributed by atoms with Gasteiger partial charge in [-0.2, -0.15) is 0 Å². The van der Waals surface area contributed by atoms with E-state index in [1.807, 2.05) is 18.2 Å². The van der Waals surface area contributed by atoms with Crippen molar-refractivity contribution in [2.24, 2.45) is 0 Å². The number of anilines is 1. The molecule has 2 aromatic carbocycles. The number of aromatic amines is 1. The summed E-state index contributed by atoms with van der Waals surface area (Å²) in [5, 5.41) is 3.38. The molecule has 1 aliphatic rings. The third-order valence-electron chi connectivity index (χ3n) is 5.40. The average molecular weight is 391 g/mol. The van der Waals surface area contributed by atoms with Crippen LogP contribution < -0.4 is 10.9 Å². The number of hydrogen-bond acceptors (Lipinski definition) is 4. The minimum absolute atomic E-state index is 0.0636. The molecule has 1 aliphatic carbocycles. The number of nitrogens with zero attached hydrogens (tertiary/aromatic N) is 1. The Morgan fingerprint density at radius 2 is 1.83 bits per heavy atom. The smallest absolute Gasteiger partial charge is 0.258 e. The molecule has 3 aromatic rings. The molecule has 0 aliphatic heterocycles. The summed E-state index contributed by atoms with van der Waals surface area (Å²) < 4.78 is 5.43. The van der Waals surface area contributed by atoms with Crippen molar-refractivity contribution >= 4 is 22.5 Å². The van der Waals surface area contributed by atoms with E-state index in [0.29, 0.717) is 22.6 Å². The zero-order chi connectivity index (χ0) is 20.1. The molecule has 0 radical (unpaired) electrons. The number of carbonyl (C=O) groups excluding carboxylic acids is 1. The lowest BCUT2D eigenvalue weighted by molar-refractivity contribution is -0.121. The Labute approximate surface area is 169 Å². The Morgan fingerprint density at radius 3 is 2.62 bits per heavy atom. The van der Waals surface area contributed by atoms with Crippen molar-refractivity contribution in [2.75, 3.05) is 11.9 Å². The van der Waals surface area contributed by atoms with Gasteiger partial charge in [0.05, 0.1) is 10.9 Å². The van der Waals surface area contributed by atoms with Gasteiger partial charge in [-0.3, -0.25) is 9.59 Å². The van der Waals surface area contributed by atoms with Gasteiger partial charge in [0.1, 0.15) is 19.0 Å². The van der Waals surface area contributed by atoms with Gasteiger partial charge < -0.3 is 15.0 Å². The summed E-state index contributed by atoms with van der Waals surface area (Å²) in [5.41, 5.74) is 2.51. The van der Waals surface area contributed by atoms with Crippen molar-refractivity contribution in [1.29, 1.82) is 0 Å². The molecule has 6 heteroatoms. The highest BCUT2D eigenvalue weighted by Gasteiger charge is 2.15. The molecule has 1 fully saturated rings. The van der Waals surface area contributed by atoms with E-state index in [0.717, 1.165) is 5.69 Å². The number of para-hydroxylation sites is 1. The van der Waals surface area contributed by atoms with Crippen LogP contribution in [0.2, 0.25) is 0 Å². The van der Waals surface area contributed by atoms with Gasteiger partial charge in [0.2, 0.25) is 5.91 Å². The topological polar surface area (TPSA) is 84.1 Å². The number of aromatic nitrogens is 2. The molecule has 1 saturated carbocycles. The molecule has 2 N–H and O–H groups in total. The molecule has 150 valence electrons. The van der Waals surface area contributed by atoms with Gasteiger partial charge in [-0.05, 0) is 48.6 Å². The molecule has 0 unspecified atom stereocenters. The molecule has 29 heavy (non-hydrogen) atoms. The van der Waals surface area contributed by atoms with Crippen molar-refractivity contribution in [3.05, 3.63) is 70.3 Å². The largest absolute Gasteiger partial charge is 0.364 e. The Morgan fingerprint density at radius 1 is 1.07 bits per heavy atom. The summed E-state index contributed by atoms with van der Waals surface area (Å²) in [4.78, 5) is 31.2. The Hall–Kier alpha value is -2.99. The number of fused-ring (bicyclic) bond motifs is 1. The van der Waals surface area contributed by atoms with Crippen LogP contribution in [0.1, 0.15) is 49.4 Å². The Bertz CT molecular complexity index is 1040. The number of amides is 1. The molecule has 0 atom stereocenters. The SMILES string of the molecule is O=C(COCc1nc2ccccc2c(=O)[nH]1)Nc1ccc(C2CCCCC2)cc1. The zero-order valence-electron chi connectivity index (χ0n) is 16.3. The summed E-state index contributed by atoms with van der Waals surface area (Å²) in [7, 11) is 0. The minimum Gasteiger partial charge on any atom is -0.364 e. The predicted molar refractivity (Wildman–Crippen MR) is 113 cm³/mol. The van der Waals surface area contributed by atoms with Crippen molar-refractivity contribution in [1.82, 2.24) is 9.97 Å². The fourth-order valence-electron chi connectivity index (χ4n) is 3.92. The van der Waals surface area contributed by atoms with E-state index in [1.54, 1.807) is 18.2 Å². The number of benzene rings is 2. The van der Waals surface area contributed by atoms with Crippen molar-refractivity contribution in [3.8, 4) is 0 Å². The lowest BCUT2D eigenvalue weighted by Gasteiger charge is -2.22. The molecule has 1 aromatic heterocycles. The van der Waals surface area contributed by atoms with Gasteiger partial charge in [0.15, 0.2) is 0 Å². The standard InChI is InChI=1S/C23H25N3O3/c27-22(24-18-12-10-17(11-13-18)16-6-2-1-3-7-16)15-29-14-21-25-20-9-5-4-8-19(20)23(28)26-21/h4-5,8-13,16H,1-3,6-7,14-15H2,(H,24,27)(H,25,26,28). The first-order valence-corrected chi connectivity index (χ1v) is 10.1. The van der Waals surface area contributed by atoms with Gasteiger partial charge in [-0.15, -0.1) is 0 Å². The first-order chi connectivity index (χ1) is 14.2. The molecule has 0 spiro atoms. The van der Waals surface area contributed by atoms with E-state index in [1.165, 1.54) is 37.7 Å². The summed E-state index contributed by atoms with van der Waals surface area (Å²) in [6.45, 7) is -0.0466. The molecular weight excluding hydrogens is 366 g/mol. The number of ether oxygens (including phenoxy) is 1. The number of rotatable bonds is 6. The highest BCUT2D eigenvalue weighted by atomic mass is 16.5. The lowest BCUT2D eigenvalue weighted by atomic mass is 9.84. The zero-order valence-corrected chi connectivity index (χ0v) is 16.3. The number of nitrogens with one attached hydrogen (secondary N) is 2. The van der Waals surface area contributed by atoms with Gasteiger partial charge in [-0.1, -0.05) is 43.5 Å². The molecule has 4 rings (SSSR count). The van der Waals surface area contributed by atoms with Crippen LogP contribution in [0.25, 0.3) is 10.9 Å². The Kier molecular flexibility index (Phi) is 6.00. The van der Waals surface area contributed by atoms with Crippen LogP contribution in [0.15, 0.2) is 53.3 Å². The maximum absolute atomic E-state index is 12.1. The monoisotopic (exact) mass is 391 g/mol. The van der Waals surface area contributed by atoms with Crippen LogP contribution in [0, 0.1) is 0 Å². The third-order valence-corrected chi connectivity index (χ3v) is 5.40. The summed E-state index contributed by atoms with van der Waals surface area (Å²) >= 11 is 0. The van der Waals surface area contributed by atoms with Crippen LogP contribution in [0.3, 0.4) is 0 Å². The van der Waals surface area contributed by atoms with Gasteiger partial charge in [0.25, 0.3) is 5.56 Å².